The quantitative estimate of drug-likeness (QED) is 0.735. The van der Waals surface area contributed by atoms with Crippen LogP contribution in [0.15, 0.2) is 16.7 Å². The van der Waals surface area contributed by atoms with Gasteiger partial charge >= 0.3 is 12.1 Å². The van der Waals surface area contributed by atoms with Crippen molar-refractivity contribution in [2.45, 2.75) is 12.7 Å². The molecule has 1 aromatic rings. The van der Waals surface area contributed by atoms with Crippen molar-refractivity contribution in [3.63, 3.8) is 0 Å². The van der Waals surface area contributed by atoms with Gasteiger partial charge in [0.1, 0.15) is 17.9 Å². The lowest BCUT2D eigenvalue weighted by Crippen LogP contribution is -2.24. The van der Waals surface area contributed by atoms with Gasteiger partial charge in [-0.1, -0.05) is 0 Å². The van der Waals surface area contributed by atoms with Gasteiger partial charge in [0, 0.05) is 6.54 Å². The molecule has 0 bridgehead atoms. The van der Waals surface area contributed by atoms with Gasteiger partial charge in [0.25, 0.3) is 0 Å². The molecular weight excluding hydrogens is 255 g/mol. The highest BCUT2D eigenvalue weighted by Crippen LogP contribution is 2.14. The molecule has 0 spiro atoms. The molecule has 0 aliphatic rings. The van der Waals surface area contributed by atoms with E-state index in [1.54, 1.807) is 0 Å². The number of nitrogens with one attached hydrogen (secondary N) is 1. The molecule has 0 saturated heterocycles. The smallest absolute Gasteiger partial charge is 0.411 e. The molecule has 0 aromatic carbocycles. The van der Waals surface area contributed by atoms with Crippen LogP contribution in [0, 0.1) is 0 Å². The fraction of sp³-hybridized carbons (Fsp3) is 0.500. The van der Waals surface area contributed by atoms with Gasteiger partial charge in [-0.3, -0.25) is 0 Å². The zero-order chi connectivity index (χ0) is 13.6. The average molecular weight is 267 g/mol. The standard InChI is InChI=1S/C10H12F3NO4/c11-10(12,13)6-17-4-2-14-5-8-7(9(15)16)1-3-18-8/h1,3,14H,2,4-6H2,(H,15,16). The normalized spacial score (nSPS) is 11.7. The van der Waals surface area contributed by atoms with E-state index >= 15 is 0 Å². The van der Waals surface area contributed by atoms with Crippen LogP contribution in [0.5, 0.6) is 0 Å². The monoisotopic (exact) mass is 267 g/mol. The van der Waals surface area contributed by atoms with E-state index in [4.69, 9.17) is 9.52 Å². The van der Waals surface area contributed by atoms with Crippen LogP contribution in [0.1, 0.15) is 16.1 Å². The molecule has 0 aliphatic heterocycles. The molecule has 0 saturated carbocycles. The third-order valence-corrected chi connectivity index (χ3v) is 1.95. The molecule has 0 aliphatic carbocycles. The zero-order valence-electron chi connectivity index (χ0n) is 9.29. The first kappa shape index (κ1) is 14.5. The van der Waals surface area contributed by atoms with Crippen molar-refractivity contribution < 1.29 is 32.2 Å². The van der Waals surface area contributed by atoms with Gasteiger partial charge in [-0.25, -0.2) is 4.79 Å². The van der Waals surface area contributed by atoms with Crippen molar-refractivity contribution >= 4 is 5.97 Å². The van der Waals surface area contributed by atoms with Crippen molar-refractivity contribution in [2.75, 3.05) is 19.8 Å². The molecular formula is C10H12F3NO4. The molecule has 1 heterocycles. The van der Waals surface area contributed by atoms with E-state index in [2.05, 4.69) is 10.1 Å². The summed E-state index contributed by atoms with van der Waals surface area (Å²) in [5.41, 5.74) is 0.0266. The van der Waals surface area contributed by atoms with Crippen LogP contribution in [-0.4, -0.2) is 37.0 Å². The van der Waals surface area contributed by atoms with E-state index in [0.717, 1.165) is 0 Å². The first-order chi connectivity index (χ1) is 8.40. The average Bonchev–Trinajstić information content (AvgIpc) is 2.69. The van der Waals surface area contributed by atoms with Crippen LogP contribution < -0.4 is 5.32 Å². The Bertz CT molecular complexity index is 389. The van der Waals surface area contributed by atoms with Crippen LogP contribution in [0.25, 0.3) is 0 Å². The molecule has 2 N–H and O–H groups in total. The van der Waals surface area contributed by atoms with Crippen molar-refractivity contribution in [1.29, 1.82) is 0 Å². The summed E-state index contributed by atoms with van der Waals surface area (Å²) in [5, 5.41) is 11.5. The van der Waals surface area contributed by atoms with Crippen LogP contribution in [-0.2, 0) is 11.3 Å². The Morgan fingerprint density at radius 3 is 2.83 bits per heavy atom. The topological polar surface area (TPSA) is 71.7 Å². The third-order valence-electron chi connectivity index (χ3n) is 1.95. The van der Waals surface area contributed by atoms with Gasteiger partial charge in [-0.15, -0.1) is 0 Å². The van der Waals surface area contributed by atoms with Gasteiger partial charge in [0.05, 0.1) is 19.4 Å². The third kappa shape index (κ3) is 5.19. The lowest BCUT2D eigenvalue weighted by Gasteiger charge is -2.08. The highest BCUT2D eigenvalue weighted by molar-refractivity contribution is 5.88. The first-order valence-corrected chi connectivity index (χ1v) is 5.05. The van der Waals surface area contributed by atoms with E-state index < -0.39 is 18.8 Å². The first-order valence-electron chi connectivity index (χ1n) is 5.05. The number of hydrogen-bond acceptors (Lipinski definition) is 4. The predicted molar refractivity (Wildman–Crippen MR) is 54.2 cm³/mol. The van der Waals surface area contributed by atoms with Crippen LogP contribution >= 0.6 is 0 Å². The summed E-state index contributed by atoms with van der Waals surface area (Å²) >= 11 is 0. The number of aromatic carboxylic acids is 1. The molecule has 102 valence electrons. The van der Waals surface area contributed by atoms with Crippen molar-refractivity contribution in [2.24, 2.45) is 0 Å². The Kier molecular flexibility index (Phi) is 5.17. The number of halogens is 3. The summed E-state index contributed by atoms with van der Waals surface area (Å²) in [7, 11) is 0. The maximum absolute atomic E-state index is 11.7. The SMILES string of the molecule is O=C(O)c1ccoc1CNCCOCC(F)(F)F. The van der Waals surface area contributed by atoms with Crippen molar-refractivity contribution in [1.82, 2.24) is 5.32 Å². The van der Waals surface area contributed by atoms with Crippen molar-refractivity contribution in [3.05, 3.63) is 23.7 Å². The molecule has 0 amide bonds. The second-order valence-corrected chi connectivity index (χ2v) is 3.41. The predicted octanol–water partition coefficient (Wildman–Crippen LogP) is 1.65. The van der Waals surface area contributed by atoms with Crippen molar-refractivity contribution in [3.8, 4) is 0 Å². The fourth-order valence-electron chi connectivity index (χ4n) is 1.20. The highest BCUT2D eigenvalue weighted by atomic mass is 19.4. The van der Waals surface area contributed by atoms with E-state index in [1.807, 2.05) is 0 Å². The van der Waals surface area contributed by atoms with Gasteiger partial charge in [0.15, 0.2) is 0 Å². The zero-order valence-corrected chi connectivity index (χ0v) is 9.29. The molecule has 5 nitrogen and oxygen atoms in total. The lowest BCUT2D eigenvalue weighted by molar-refractivity contribution is -0.173. The van der Waals surface area contributed by atoms with E-state index in [9.17, 15) is 18.0 Å². The Morgan fingerprint density at radius 1 is 1.50 bits per heavy atom. The summed E-state index contributed by atoms with van der Waals surface area (Å²) < 4.78 is 44.4. The summed E-state index contributed by atoms with van der Waals surface area (Å²) in [4.78, 5) is 10.7. The molecule has 0 fully saturated rings. The summed E-state index contributed by atoms with van der Waals surface area (Å²) in [6.07, 6.45) is -3.10. The summed E-state index contributed by atoms with van der Waals surface area (Å²) in [6.45, 7) is -1.14. The minimum absolute atomic E-state index is 0.0266. The molecule has 0 unspecified atom stereocenters. The lowest BCUT2D eigenvalue weighted by atomic mass is 10.2. The maximum Gasteiger partial charge on any atom is 0.411 e. The van der Waals surface area contributed by atoms with Gasteiger partial charge in [-0.2, -0.15) is 13.2 Å². The fourth-order valence-corrected chi connectivity index (χ4v) is 1.20. The Balaban J connectivity index is 2.18. The van der Waals surface area contributed by atoms with E-state index in [-0.39, 0.29) is 31.0 Å². The molecule has 0 radical (unpaired) electrons. The van der Waals surface area contributed by atoms with E-state index in [0.29, 0.717) is 0 Å². The highest BCUT2D eigenvalue weighted by Gasteiger charge is 2.27. The van der Waals surface area contributed by atoms with Gasteiger partial charge in [-0.05, 0) is 6.07 Å². The second-order valence-electron chi connectivity index (χ2n) is 3.41. The number of carboxylic acid groups (broad SMARTS) is 1. The summed E-state index contributed by atoms with van der Waals surface area (Å²) in [6, 6.07) is 1.31. The number of rotatable bonds is 7. The molecule has 1 rings (SSSR count). The summed E-state index contributed by atoms with van der Waals surface area (Å²) in [5.74, 6) is -0.896. The molecule has 8 heteroatoms. The molecule has 18 heavy (non-hydrogen) atoms. The minimum atomic E-state index is -4.34. The van der Waals surface area contributed by atoms with Crippen LogP contribution in [0.3, 0.4) is 0 Å². The number of alkyl halides is 3. The molecule has 1 aromatic heterocycles. The number of ether oxygens (including phenoxy) is 1. The number of carbonyl (C=O) groups is 1. The number of hydrogen-bond donors (Lipinski definition) is 2. The molecule has 0 atom stereocenters. The maximum atomic E-state index is 11.7. The van der Waals surface area contributed by atoms with Gasteiger partial charge < -0.3 is 19.6 Å². The number of furan rings is 1. The Hall–Kier alpha value is -1.54. The minimum Gasteiger partial charge on any atom is -0.478 e. The van der Waals surface area contributed by atoms with E-state index in [1.165, 1.54) is 12.3 Å². The second kappa shape index (κ2) is 6.41. The number of carboxylic acids is 1. The van der Waals surface area contributed by atoms with Crippen LogP contribution in [0.4, 0.5) is 13.2 Å². The Morgan fingerprint density at radius 2 is 2.22 bits per heavy atom. The largest absolute Gasteiger partial charge is 0.478 e. The van der Waals surface area contributed by atoms with Gasteiger partial charge in [0.2, 0.25) is 0 Å². The Labute approximate surface area is 101 Å². The van der Waals surface area contributed by atoms with Crippen LogP contribution in [0.2, 0.25) is 0 Å².